The first kappa shape index (κ1) is 22.6. The van der Waals surface area contributed by atoms with E-state index in [-0.39, 0.29) is 5.56 Å². The molecule has 0 amide bonds. The van der Waals surface area contributed by atoms with E-state index in [0.29, 0.717) is 43.7 Å². The second kappa shape index (κ2) is 9.60. The maximum atomic E-state index is 12.6. The smallest absolute Gasteiger partial charge is 0.335 e. The molecule has 1 saturated heterocycles. The molecule has 0 spiro atoms. The predicted octanol–water partition coefficient (Wildman–Crippen LogP) is 3.73. The summed E-state index contributed by atoms with van der Waals surface area (Å²) in [5.74, 6) is -1.11. The quantitative estimate of drug-likeness (QED) is 0.425. The van der Waals surface area contributed by atoms with E-state index in [2.05, 4.69) is 9.88 Å². The van der Waals surface area contributed by atoms with Crippen LogP contribution in [0.4, 0.5) is 5.82 Å². The molecular weight excluding hydrogens is 444 g/mol. The standard InChI is InChI=1S/C27H26N4O4/c32-26(33)20-9-10-23-21(16-20)22(18-31(23)17-19-6-2-1-3-7-19)25(27(34)35)30-14-12-29(13-15-30)24-8-4-5-11-28-24/h1-11,16,18,25H,12-15,17H2,(H,32,33)(H,34,35)/t25-/m0/s1. The van der Waals surface area contributed by atoms with Crippen molar-refractivity contribution in [2.24, 2.45) is 0 Å². The number of carboxylic acid groups (broad SMARTS) is 2. The lowest BCUT2D eigenvalue weighted by Crippen LogP contribution is -2.49. The van der Waals surface area contributed by atoms with Crippen LogP contribution in [0.2, 0.25) is 0 Å². The molecule has 0 aliphatic carbocycles. The lowest BCUT2D eigenvalue weighted by Gasteiger charge is -2.38. The third kappa shape index (κ3) is 4.61. The number of carboxylic acids is 2. The summed E-state index contributed by atoms with van der Waals surface area (Å²) in [6.07, 6.45) is 3.62. The Morgan fingerprint density at radius 1 is 0.914 bits per heavy atom. The SMILES string of the molecule is O=C(O)c1ccc2c(c1)c([C@@H](C(=O)O)N1CCN(c3ccccn3)CC1)cn2Cc1ccccc1. The van der Waals surface area contributed by atoms with E-state index in [4.69, 9.17) is 0 Å². The van der Waals surface area contributed by atoms with E-state index in [1.165, 1.54) is 0 Å². The van der Waals surface area contributed by atoms with Gasteiger partial charge in [0.05, 0.1) is 5.56 Å². The number of hydrogen-bond acceptors (Lipinski definition) is 5. The molecule has 1 atom stereocenters. The van der Waals surface area contributed by atoms with Crippen LogP contribution in [0.25, 0.3) is 10.9 Å². The number of aromatic nitrogens is 2. The number of fused-ring (bicyclic) bond motifs is 1. The summed E-state index contributed by atoms with van der Waals surface area (Å²) in [5.41, 5.74) is 2.64. The minimum atomic E-state index is -1.04. The average Bonchev–Trinajstić information content (AvgIpc) is 3.22. The van der Waals surface area contributed by atoms with E-state index < -0.39 is 18.0 Å². The second-order valence-corrected chi connectivity index (χ2v) is 8.69. The van der Waals surface area contributed by atoms with E-state index in [0.717, 1.165) is 16.9 Å². The lowest BCUT2D eigenvalue weighted by atomic mass is 10.0. The molecule has 8 heteroatoms. The monoisotopic (exact) mass is 470 g/mol. The van der Waals surface area contributed by atoms with Crippen LogP contribution in [0.1, 0.15) is 27.5 Å². The minimum Gasteiger partial charge on any atom is -0.480 e. The molecular formula is C27H26N4O4. The van der Waals surface area contributed by atoms with Gasteiger partial charge in [0.15, 0.2) is 0 Å². The van der Waals surface area contributed by atoms with Crippen LogP contribution in [0.3, 0.4) is 0 Å². The Kier molecular flexibility index (Phi) is 6.20. The number of carbonyl (C=O) groups is 2. The molecule has 2 aromatic heterocycles. The third-order valence-electron chi connectivity index (χ3n) is 6.54. The van der Waals surface area contributed by atoms with Crippen LogP contribution in [0.5, 0.6) is 0 Å². The Labute approximate surface area is 202 Å². The summed E-state index contributed by atoms with van der Waals surface area (Å²) in [6, 6.07) is 19.7. The zero-order chi connectivity index (χ0) is 24.4. The molecule has 0 bridgehead atoms. The van der Waals surface area contributed by atoms with Gasteiger partial charge in [0.2, 0.25) is 0 Å². The molecule has 4 aromatic rings. The van der Waals surface area contributed by atoms with Gasteiger partial charge in [0.1, 0.15) is 11.9 Å². The highest BCUT2D eigenvalue weighted by atomic mass is 16.4. The lowest BCUT2D eigenvalue weighted by molar-refractivity contribution is -0.143. The van der Waals surface area contributed by atoms with Crippen LogP contribution < -0.4 is 4.90 Å². The Hall–Kier alpha value is -4.17. The normalized spacial score (nSPS) is 15.3. The van der Waals surface area contributed by atoms with Crippen molar-refractivity contribution < 1.29 is 19.8 Å². The number of rotatable bonds is 7. The Morgan fingerprint density at radius 2 is 1.66 bits per heavy atom. The largest absolute Gasteiger partial charge is 0.480 e. The van der Waals surface area contributed by atoms with Gasteiger partial charge in [0.25, 0.3) is 0 Å². The van der Waals surface area contributed by atoms with Crippen LogP contribution in [0.15, 0.2) is 79.1 Å². The fourth-order valence-electron chi connectivity index (χ4n) is 4.82. The van der Waals surface area contributed by atoms with Gasteiger partial charge < -0.3 is 19.7 Å². The molecule has 5 rings (SSSR count). The number of benzene rings is 2. The molecule has 1 aliphatic heterocycles. The van der Waals surface area contributed by atoms with Crippen molar-refractivity contribution >= 4 is 28.7 Å². The first-order valence-electron chi connectivity index (χ1n) is 11.5. The first-order valence-corrected chi connectivity index (χ1v) is 11.5. The summed E-state index contributed by atoms with van der Waals surface area (Å²) in [4.78, 5) is 32.8. The fraction of sp³-hybridized carbons (Fsp3) is 0.222. The highest BCUT2D eigenvalue weighted by Gasteiger charge is 2.33. The molecule has 8 nitrogen and oxygen atoms in total. The van der Waals surface area contributed by atoms with Crippen molar-refractivity contribution in [3.8, 4) is 0 Å². The zero-order valence-electron chi connectivity index (χ0n) is 19.1. The van der Waals surface area contributed by atoms with Crippen LogP contribution in [0, 0.1) is 0 Å². The van der Waals surface area contributed by atoms with Gasteiger partial charge in [0, 0.05) is 61.6 Å². The highest BCUT2D eigenvalue weighted by Crippen LogP contribution is 2.33. The molecule has 35 heavy (non-hydrogen) atoms. The van der Waals surface area contributed by atoms with Crippen molar-refractivity contribution in [1.29, 1.82) is 0 Å². The molecule has 0 radical (unpaired) electrons. The summed E-state index contributed by atoms with van der Waals surface area (Å²) in [5, 5.41) is 20.5. The fourth-order valence-corrected chi connectivity index (χ4v) is 4.82. The van der Waals surface area contributed by atoms with Gasteiger partial charge in [-0.25, -0.2) is 9.78 Å². The molecule has 0 saturated carbocycles. The number of hydrogen-bond donors (Lipinski definition) is 2. The molecule has 1 aliphatic rings. The molecule has 2 aromatic carbocycles. The summed E-state index contributed by atoms with van der Waals surface area (Å²) in [6.45, 7) is 2.98. The van der Waals surface area contributed by atoms with Crippen molar-refractivity contribution in [2.75, 3.05) is 31.1 Å². The maximum Gasteiger partial charge on any atom is 0.335 e. The molecule has 3 heterocycles. The van der Waals surface area contributed by atoms with Gasteiger partial charge in [-0.15, -0.1) is 0 Å². The number of aliphatic carboxylic acids is 1. The number of pyridine rings is 1. The van der Waals surface area contributed by atoms with E-state index >= 15 is 0 Å². The number of nitrogens with zero attached hydrogens (tertiary/aromatic N) is 4. The van der Waals surface area contributed by atoms with Gasteiger partial charge in [-0.3, -0.25) is 9.69 Å². The minimum absolute atomic E-state index is 0.139. The Bertz CT molecular complexity index is 1350. The van der Waals surface area contributed by atoms with Crippen molar-refractivity contribution in [3.63, 3.8) is 0 Å². The van der Waals surface area contributed by atoms with Crippen molar-refractivity contribution in [3.05, 3.63) is 95.8 Å². The van der Waals surface area contributed by atoms with E-state index in [1.807, 2.05) is 64.2 Å². The third-order valence-corrected chi connectivity index (χ3v) is 6.54. The van der Waals surface area contributed by atoms with E-state index in [1.54, 1.807) is 24.4 Å². The van der Waals surface area contributed by atoms with Gasteiger partial charge in [-0.2, -0.15) is 0 Å². The first-order chi connectivity index (χ1) is 17.0. The van der Waals surface area contributed by atoms with Gasteiger partial charge >= 0.3 is 11.9 Å². The number of anilines is 1. The number of aromatic carboxylic acids is 1. The second-order valence-electron chi connectivity index (χ2n) is 8.69. The Morgan fingerprint density at radius 3 is 2.31 bits per heavy atom. The Balaban J connectivity index is 1.51. The van der Waals surface area contributed by atoms with Crippen molar-refractivity contribution in [1.82, 2.24) is 14.5 Å². The average molecular weight is 471 g/mol. The molecule has 0 unspecified atom stereocenters. The summed E-state index contributed by atoms with van der Waals surface area (Å²) in [7, 11) is 0. The zero-order valence-corrected chi connectivity index (χ0v) is 19.1. The number of piperazine rings is 1. The van der Waals surface area contributed by atoms with Crippen LogP contribution >= 0.6 is 0 Å². The highest BCUT2D eigenvalue weighted by molar-refractivity contribution is 5.96. The van der Waals surface area contributed by atoms with Crippen molar-refractivity contribution in [2.45, 2.75) is 12.6 Å². The van der Waals surface area contributed by atoms with Gasteiger partial charge in [-0.05, 0) is 35.9 Å². The van der Waals surface area contributed by atoms with Crippen LogP contribution in [-0.2, 0) is 11.3 Å². The topological polar surface area (TPSA) is 98.9 Å². The molecule has 1 fully saturated rings. The van der Waals surface area contributed by atoms with E-state index in [9.17, 15) is 19.8 Å². The van der Waals surface area contributed by atoms with Crippen LogP contribution in [-0.4, -0.2) is 62.8 Å². The molecule has 178 valence electrons. The summed E-state index contributed by atoms with van der Waals surface area (Å²) >= 11 is 0. The molecule has 2 N–H and O–H groups in total. The predicted molar refractivity (Wildman–Crippen MR) is 133 cm³/mol. The summed E-state index contributed by atoms with van der Waals surface area (Å²) < 4.78 is 2.01. The van der Waals surface area contributed by atoms with Gasteiger partial charge in [-0.1, -0.05) is 36.4 Å². The maximum absolute atomic E-state index is 12.6.